The van der Waals surface area contributed by atoms with E-state index in [0.29, 0.717) is 18.2 Å². The molecule has 1 aromatic carbocycles. The van der Waals surface area contributed by atoms with Crippen molar-refractivity contribution in [2.24, 2.45) is 5.10 Å². The molecule has 110 valence electrons. The number of benzene rings is 1. The highest BCUT2D eigenvalue weighted by Gasteiger charge is 2.05. The maximum Gasteiger partial charge on any atom is 0.263 e. The molecule has 9 heteroatoms. The van der Waals surface area contributed by atoms with Gasteiger partial charge in [-0.15, -0.1) is 35.0 Å². The van der Waals surface area contributed by atoms with Gasteiger partial charge in [0.1, 0.15) is 5.75 Å². The standard InChI is InChI=1S/C11H14N6O.2ClH/c1-2-10-14-16-11(17(10)12)15-13-7-8-3-5-9(18)6-4-8;;/h3-7,18H,2,12H2,1H3,(H,15,16);2*1H/b13-7+;;. The number of nitrogens with zero attached hydrogens (tertiary/aromatic N) is 4. The average molecular weight is 319 g/mol. The molecule has 0 aliphatic heterocycles. The van der Waals surface area contributed by atoms with Gasteiger partial charge in [0.25, 0.3) is 5.95 Å². The molecule has 0 aliphatic carbocycles. The van der Waals surface area contributed by atoms with Crippen LogP contribution in [0.4, 0.5) is 5.95 Å². The molecule has 0 saturated carbocycles. The van der Waals surface area contributed by atoms with Crippen LogP contribution in [-0.2, 0) is 6.42 Å². The van der Waals surface area contributed by atoms with Crippen molar-refractivity contribution in [1.29, 1.82) is 0 Å². The number of nitrogen functional groups attached to an aromatic ring is 1. The summed E-state index contributed by atoms with van der Waals surface area (Å²) in [6, 6.07) is 6.65. The second-order valence-corrected chi connectivity index (χ2v) is 3.62. The Bertz CT molecular complexity index is 555. The van der Waals surface area contributed by atoms with E-state index in [1.807, 2.05) is 6.92 Å². The summed E-state index contributed by atoms with van der Waals surface area (Å²) >= 11 is 0. The molecule has 0 aliphatic rings. The van der Waals surface area contributed by atoms with Gasteiger partial charge < -0.3 is 10.9 Å². The van der Waals surface area contributed by atoms with Crippen LogP contribution in [0, 0.1) is 0 Å². The fourth-order valence-electron chi connectivity index (χ4n) is 1.37. The number of aryl methyl sites for hydroxylation is 1. The van der Waals surface area contributed by atoms with Crippen molar-refractivity contribution in [3.05, 3.63) is 35.7 Å². The molecule has 0 atom stereocenters. The van der Waals surface area contributed by atoms with Gasteiger partial charge in [0, 0.05) is 6.42 Å². The summed E-state index contributed by atoms with van der Waals surface area (Å²) in [5, 5.41) is 20.9. The number of nitrogens with one attached hydrogen (secondary N) is 1. The van der Waals surface area contributed by atoms with Crippen LogP contribution in [-0.4, -0.2) is 26.2 Å². The Kier molecular flexibility index (Phi) is 7.42. The smallest absolute Gasteiger partial charge is 0.263 e. The van der Waals surface area contributed by atoms with Gasteiger partial charge in [-0.3, -0.25) is 0 Å². The van der Waals surface area contributed by atoms with E-state index in [1.54, 1.807) is 30.5 Å². The summed E-state index contributed by atoms with van der Waals surface area (Å²) in [5.41, 5.74) is 3.55. The lowest BCUT2D eigenvalue weighted by Gasteiger charge is -2.00. The second-order valence-electron chi connectivity index (χ2n) is 3.62. The van der Waals surface area contributed by atoms with Gasteiger partial charge in [0.2, 0.25) is 0 Å². The third-order valence-corrected chi connectivity index (χ3v) is 2.35. The number of rotatable bonds is 4. The number of phenols is 1. The maximum atomic E-state index is 9.13. The average Bonchev–Trinajstić information content (AvgIpc) is 2.73. The van der Waals surface area contributed by atoms with E-state index in [1.165, 1.54) is 4.68 Å². The lowest BCUT2D eigenvalue weighted by atomic mass is 10.2. The minimum Gasteiger partial charge on any atom is -0.508 e. The Morgan fingerprint density at radius 2 is 1.95 bits per heavy atom. The normalized spacial score (nSPS) is 9.85. The number of aromatic hydroxyl groups is 1. The SMILES string of the molecule is CCc1nnc(N/N=C/c2ccc(O)cc2)n1N.Cl.Cl. The number of halogens is 2. The van der Waals surface area contributed by atoms with E-state index in [4.69, 9.17) is 10.9 Å². The number of anilines is 1. The number of hydrogen-bond donors (Lipinski definition) is 3. The molecule has 0 bridgehead atoms. The van der Waals surface area contributed by atoms with Gasteiger partial charge in [0.05, 0.1) is 6.21 Å². The Hall–Kier alpha value is -1.99. The molecular formula is C11H16Cl2N6O. The molecule has 2 rings (SSSR count). The summed E-state index contributed by atoms with van der Waals surface area (Å²) in [6.07, 6.45) is 2.30. The van der Waals surface area contributed by atoms with E-state index in [2.05, 4.69) is 20.7 Å². The van der Waals surface area contributed by atoms with Crippen LogP contribution in [0.3, 0.4) is 0 Å². The third kappa shape index (κ3) is 4.29. The summed E-state index contributed by atoms with van der Waals surface area (Å²) in [6.45, 7) is 1.94. The van der Waals surface area contributed by atoms with E-state index < -0.39 is 0 Å². The van der Waals surface area contributed by atoms with Gasteiger partial charge in [-0.2, -0.15) is 5.10 Å². The Morgan fingerprint density at radius 3 is 2.50 bits per heavy atom. The van der Waals surface area contributed by atoms with Crippen molar-refractivity contribution in [3.8, 4) is 5.75 Å². The van der Waals surface area contributed by atoms with Gasteiger partial charge >= 0.3 is 0 Å². The second kappa shape index (κ2) is 8.23. The monoisotopic (exact) mass is 318 g/mol. The molecule has 0 radical (unpaired) electrons. The maximum absolute atomic E-state index is 9.13. The van der Waals surface area contributed by atoms with Gasteiger partial charge in [-0.1, -0.05) is 6.92 Å². The molecule has 4 N–H and O–H groups in total. The highest BCUT2D eigenvalue weighted by atomic mass is 35.5. The van der Waals surface area contributed by atoms with E-state index in [9.17, 15) is 0 Å². The first-order chi connectivity index (χ1) is 8.70. The third-order valence-electron chi connectivity index (χ3n) is 2.35. The fraction of sp³-hybridized carbons (Fsp3) is 0.182. The molecule has 1 heterocycles. The highest BCUT2D eigenvalue weighted by molar-refractivity contribution is 5.85. The van der Waals surface area contributed by atoms with Crippen LogP contribution in [0.5, 0.6) is 5.75 Å². The molecule has 20 heavy (non-hydrogen) atoms. The zero-order valence-electron chi connectivity index (χ0n) is 10.7. The number of aromatic nitrogens is 3. The van der Waals surface area contributed by atoms with Crippen molar-refractivity contribution in [2.45, 2.75) is 13.3 Å². The number of nitrogens with two attached hydrogens (primary N) is 1. The first-order valence-electron chi connectivity index (χ1n) is 5.48. The summed E-state index contributed by atoms with van der Waals surface area (Å²) in [7, 11) is 0. The highest BCUT2D eigenvalue weighted by Crippen LogP contribution is 2.08. The molecular weight excluding hydrogens is 303 g/mol. The Labute approximate surface area is 128 Å². The summed E-state index contributed by atoms with van der Waals surface area (Å²) in [5.74, 6) is 7.01. The van der Waals surface area contributed by atoms with Crippen LogP contribution in [0.2, 0.25) is 0 Å². The molecule has 0 fully saturated rings. The van der Waals surface area contributed by atoms with Crippen molar-refractivity contribution >= 4 is 37.0 Å². The molecule has 0 unspecified atom stereocenters. The van der Waals surface area contributed by atoms with Crippen LogP contribution in [0.15, 0.2) is 29.4 Å². The first-order valence-corrected chi connectivity index (χ1v) is 5.48. The first kappa shape index (κ1) is 18.0. The van der Waals surface area contributed by atoms with E-state index in [-0.39, 0.29) is 30.6 Å². The quantitative estimate of drug-likeness (QED) is 0.451. The van der Waals surface area contributed by atoms with Crippen LogP contribution < -0.4 is 11.3 Å². The minimum atomic E-state index is 0. The summed E-state index contributed by atoms with van der Waals surface area (Å²) in [4.78, 5) is 0. The Balaban J connectivity index is 0.00000180. The molecule has 2 aromatic rings. The molecule has 0 spiro atoms. The van der Waals surface area contributed by atoms with Gasteiger partial charge in [-0.25, -0.2) is 10.1 Å². The number of phenolic OH excluding ortho intramolecular Hbond substituents is 1. The largest absolute Gasteiger partial charge is 0.508 e. The zero-order valence-corrected chi connectivity index (χ0v) is 12.4. The fourth-order valence-corrected chi connectivity index (χ4v) is 1.37. The van der Waals surface area contributed by atoms with Crippen LogP contribution >= 0.6 is 24.8 Å². The molecule has 1 aromatic heterocycles. The minimum absolute atomic E-state index is 0. The summed E-state index contributed by atoms with van der Waals surface area (Å²) < 4.78 is 1.36. The lowest BCUT2D eigenvalue weighted by molar-refractivity contribution is 0.475. The molecule has 0 saturated heterocycles. The predicted molar refractivity (Wildman–Crippen MR) is 83.4 cm³/mol. The van der Waals surface area contributed by atoms with Crippen molar-refractivity contribution < 1.29 is 5.11 Å². The van der Waals surface area contributed by atoms with Crippen molar-refractivity contribution in [2.75, 3.05) is 11.3 Å². The van der Waals surface area contributed by atoms with Crippen LogP contribution in [0.1, 0.15) is 18.3 Å². The van der Waals surface area contributed by atoms with E-state index >= 15 is 0 Å². The molecule has 0 amide bonds. The topological polar surface area (TPSA) is 101 Å². The lowest BCUT2D eigenvalue weighted by Crippen LogP contribution is -2.14. The van der Waals surface area contributed by atoms with E-state index in [0.717, 1.165) is 5.56 Å². The van der Waals surface area contributed by atoms with Crippen LogP contribution in [0.25, 0.3) is 0 Å². The predicted octanol–water partition coefficient (Wildman–Crippen LogP) is 1.55. The van der Waals surface area contributed by atoms with Gasteiger partial charge in [-0.05, 0) is 29.8 Å². The number of hydrogen-bond acceptors (Lipinski definition) is 6. The molecule has 7 nitrogen and oxygen atoms in total. The Morgan fingerprint density at radius 1 is 1.30 bits per heavy atom. The van der Waals surface area contributed by atoms with Crippen molar-refractivity contribution in [1.82, 2.24) is 14.9 Å². The zero-order chi connectivity index (χ0) is 13.0. The van der Waals surface area contributed by atoms with Gasteiger partial charge in [0.15, 0.2) is 5.82 Å². The van der Waals surface area contributed by atoms with Crippen molar-refractivity contribution in [3.63, 3.8) is 0 Å². The number of hydrazone groups is 1.